The van der Waals surface area contributed by atoms with Gasteiger partial charge in [-0.3, -0.25) is 9.59 Å². The van der Waals surface area contributed by atoms with Crippen LogP contribution in [0, 0.1) is 20.8 Å². The normalized spacial score (nSPS) is 10.3. The Balaban J connectivity index is 1.99. The quantitative estimate of drug-likeness (QED) is 0.866. The first-order valence-electron chi connectivity index (χ1n) is 8.54. The van der Waals surface area contributed by atoms with E-state index in [9.17, 15) is 9.59 Å². The second-order valence-electron chi connectivity index (χ2n) is 6.61. The van der Waals surface area contributed by atoms with Crippen molar-refractivity contribution >= 4 is 17.5 Å². The lowest BCUT2D eigenvalue weighted by Crippen LogP contribution is -2.36. The number of carbonyl (C=O) groups is 2. The van der Waals surface area contributed by atoms with Crippen molar-refractivity contribution in [3.05, 3.63) is 58.7 Å². The summed E-state index contributed by atoms with van der Waals surface area (Å²) in [5.74, 6) is 0.327. The van der Waals surface area contributed by atoms with E-state index in [1.54, 1.807) is 14.2 Å². The molecule has 0 heterocycles. The summed E-state index contributed by atoms with van der Waals surface area (Å²) < 4.78 is 5.32. The molecule has 5 heteroatoms. The smallest absolute Gasteiger partial charge is 0.243 e. The molecule has 5 nitrogen and oxygen atoms in total. The number of benzene rings is 2. The number of hydrogen-bond donors (Lipinski definition) is 1. The number of anilines is 1. The zero-order chi connectivity index (χ0) is 19.3. The van der Waals surface area contributed by atoms with E-state index in [2.05, 4.69) is 5.32 Å². The van der Waals surface area contributed by atoms with E-state index in [1.165, 1.54) is 4.90 Å². The molecule has 0 radical (unpaired) electrons. The maximum atomic E-state index is 12.5. The number of amides is 2. The maximum Gasteiger partial charge on any atom is 0.243 e. The Morgan fingerprint density at radius 1 is 1.04 bits per heavy atom. The zero-order valence-corrected chi connectivity index (χ0v) is 16.1. The lowest BCUT2D eigenvalue weighted by atomic mass is 10.1. The summed E-state index contributed by atoms with van der Waals surface area (Å²) >= 11 is 0. The molecular weight excluding hydrogens is 328 g/mol. The van der Waals surface area contributed by atoms with E-state index in [4.69, 9.17) is 4.74 Å². The van der Waals surface area contributed by atoms with Crippen molar-refractivity contribution in [1.29, 1.82) is 0 Å². The minimum Gasteiger partial charge on any atom is -0.496 e. The molecule has 0 atom stereocenters. The van der Waals surface area contributed by atoms with Crippen molar-refractivity contribution in [1.82, 2.24) is 4.90 Å². The first kappa shape index (κ1) is 19.5. The Hall–Kier alpha value is -2.82. The molecule has 26 heavy (non-hydrogen) atoms. The van der Waals surface area contributed by atoms with Crippen LogP contribution in [0.3, 0.4) is 0 Å². The van der Waals surface area contributed by atoms with Gasteiger partial charge in [0.15, 0.2) is 0 Å². The molecule has 0 saturated carbocycles. The summed E-state index contributed by atoms with van der Waals surface area (Å²) in [5.41, 5.74) is 4.71. The van der Waals surface area contributed by atoms with Crippen LogP contribution in [-0.2, 0) is 16.0 Å². The van der Waals surface area contributed by atoms with Crippen LogP contribution in [0.4, 0.5) is 5.69 Å². The van der Waals surface area contributed by atoms with E-state index < -0.39 is 0 Å². The number of nitrogens with zero attached hydrogens (tertiary/aromatic N) is 1. The molecule has 0 spiro atoms. The van der Waals surface area contributed by atoms with Gasteiger partial charge in [0, 0.05) is 18.3 Å². The van der Waals surface area contributed by atoms with Gasteiger partial charge in [0.05, 0.1) is 20.1 Å². The molecule has 2 amide bonds. The third kappa shape index (κ3) is 5.09. The molecule has 1 N–H and O–H groups in total. The van der Waals surface area contributed by atoms with E-state index in [1.807, 2.05) is 57.2 Å². The Kier molecular flexibility index (Phi) is 6.39. The molecule has 0 unspecified atom stereocenters. The molecule has 0 saturated heterocycles. The minimum absolute atomic E-state index is 0.000344. The number of hydrogen-bond acceptors (Lipinski definition) is 3. The lowest BCUT2D eigenvalue weighted by molar-refractivity contribution is -0.132. The molecule has 0 fully saturated rings. The molecule has 0 aliphatic carbocycles. The monoisotopic (exact) mass is 354 g/mol. The lowest BCUT2D eigenvalue weighted by Gasteiger charge is -2.18. The summed E-state index contributed by atoms with van der Waals surface area (Å²) in [6.45, 7) is 5.88. The number of ether oxygens (including phenoxy) is 1. The summed E-state index contributed by atoms with van der Waals surface area (Å²) in [4.78, 5) is 26.2. The number of carbonyl (C=O) groups excluding carboxylic acids is 2. The highest BCUT2D eigenvalue weighted by Crippen LogP contribution is 2.21. The molecule has 138 valence electrons. The molecule has 0 aromatic heterocycles. The van der Waals surface area contributed by atoms with Gasteiger partial charge in [-0.1, -0.05) is 29.8 Å². The number of nitrogens with one attached hydrogen (secondary N) is 1. The first-order chi connectivity index (χ1) is 12.3. The van der Waals surface area contributed by atoms with Gasteiger partial charge >= 0.3 is 0 Å². The first-order valence-corrected chi connectivity index (χ1v) is 8.54. The summed E-state index contributed by atoms with van der Waals surface area (Å²) in [6, 6.07) is 11.6. The topological polar surface area (TPSA) is 58.6 Å². The van der Waals surface area contributed by atoms with Gasteiger partial charge in [-0.05, 0) is 44.0 Å². The largest absolute Gasteiger partial charge is 0.496 e. The van der Waals surface area contributed by atoms with Crippen molar-refractivity contribution in [2.24, 2.45) is 0 Å². The fourth-order valence-corrected chi connectivity index (χ4v) is 2.71. The van der Waals surface area contributed by atoms with Crippen LogP contribution in [-0.4, -0.2) is 37.4 Å². The van der Waals surface area contributed by atoms with Gasteiger partial charge in [0.25, 0.3) is 0 Å². The van der Waals surface area contributed by atoms with Crippen molar-refractivity contribution < 1.29 is 14.3 Å². The molecular formula is C21H26N2O3. The molecule has 0 bridgehead atoms. The predicted octanol–water partition coefficient (Wildman–Crippen LogP) is 3.26. The Labute approximate surface area is 155 Å². The van der Waals surface area contributed by atoms with Crippen molar-refractivity contribution in [3.63, 3.8) is 0 Å². The third-order valence-corrected chi connectivity index (χ3v) is 4.25. The fourth-order valence-electron chi connectivity index (χ4n) is 2.71. The van der Waals surface area contributed by atoms with Gasteiger partial charge in [-0.25, -0.2) is 0 Å². The van der Waals surface area contributed by atoms with Gasteiger partial charge in [-0.15, -0.1) is 0 Å². The SMILES string of the molecule is COc1ccc(C)cc1CC(=O)N(C)CC(=O)Nc1cc(C)ccc1C. The maximum absolute atomic E-state index is 12.5. The second-order valence-corrected chi connectivity index (χ2v) is 6.61. The van der Waals surface area contributed by atoms with Crippen LogP contribution >= 0.6 is 0 Å². The zero-order valence-electron chi connectivity index (χ0n) is 16.1. The average Bonchev–Trinajstić information content (AvgIpc) is 2.58. The van der Waals surface area contributed by atoms with E-state index in [-0.39, 0.29) is 24.8 Å². The number of likely N-dealkylation sites (N-methyl/N-ethyl adjacent to an activating group) is 1. The van der Waals surface area contributed by atoms with Gasteiger partial charge in [0.2, 0.25) is 11.8 Å². The number of rotatable bonds is 6. The molecule has 2 aromatic carbocycles. The summed E-state index contributed by atoms with van der Waals surface area (Å²) in [6.07, 6.45) is 0.193. The standard InChI is InChI=1S/C21H26N2O3/c1-14-7-9-19(26-5)17(10-14)12-21(25)23(4)13-20(24)22-18-11-15(2)6-8-16(18)3/h6-11H,12-13H2,1-5H3,(H,22,24). The second kappa shape index (κ2) is 8.52. The van der Waals surface area contributed by atoms with Crippen molar-refractivity contribution in [2.45, 2.75) is 27.2 Å². The Bertz CT molecular complexity index is 815. The summed E-state index contributed by atoms with van der Waals surface area (Å²) in [7, 11) is 3.22. The van der Waals surface area contributed by atoms with Crippen LogP contribution in [0.15, 0.2) is 36.4 Å². The highest BCUT2D eigenvalue weighted by molar-refractivity contribution is 5.95. The molecule has 0 aliphatic rings. The van der Waals surface area contributed by atoms with Crippen LogP contribution in [0.5, 0.6) is 5.75 Å². The predicted molar refractivity (Wildman–Crippen MR) is 104 cm³/mol. The molecule has 0 aliphatic heterocycles. The molecule has 2 aromatic rings. The van der Waals surface area contributed by atoms with Crippen LogP contribution in [0.2, 0.25) is 0 Å². The van der Waals surface area contributed by atoms with Gasteiger partial charge < -0.3 is 15.0 Å². The fraction of sp³-hybridized carbons (Fsp3) is 0.333. The number of methoxy groups -OCH3 is 1. The van der Waals surface area contributed by atoms with Crippen LogP contribution in [0.1, 0.15) is 22.3 Å². The van der Waals surface area contributed by atoms with Gasteiger partial charge in [-0.2, -0.15) is 0 Å². The minimum atomic E-state index is -0.217. The Morgan fingerprint density at radius 3 is 2.38 bits per heavy atom. The van der Waals surface area contributed by atoms with E-state index in [0.29, 0.717) is 5.75 Å². The highest BCUT2D eigenvalue weighted by Gasteiger charge is 2.16. The summed E-state index contributed by atoms with van der Waals surface area (Å²) in [5, 5.41) is 2.87. The highest BCUT2D eigenvalue weighted by atomic mass is 16.5. The van der Waals surface area contributed by atoms with E-state index >= 15 is 0 Å². The van der Waals surface area contributed by atoms with Crippen LogP contribution < -0.4 is 10.1 Å². The Morgan fingerprint density at radius 2 is 1.69 bits per heavy atom. The van der Waals surface area contributed by atoms with E-state index in [0.717, 1.165) is 27.9 Å². The van der Waals surface area contributed by atoms with Crippen LogP contribution in [0.25, 0.3) is 0 Å². The number of aryl methyl sites for hydroxylation is 3. The van der Waals surface area contributed by atoms with Crippen molar-refractivity contribution in [3.8, 4) is 5.75 Å². The van der Waals surface area contributed by atoms with Crippen molar-refractivity contribution in [2.75, 3.05) is 26.0 Å². The van der Waals surface area contributed by atoms with Gasteiger partial charge in [0.1, 0.15) is 5.75 Å². The average molecular weight is 354 g/mol. The molecule has 2 rings (SSSR count). The third-order valence-electron chi connectivity index (χ3n) is 4.25.